The van der Waals surface area contributed by atoms with Crippen molar-refractivity contribution in [3.8, 4) is 0 Å². The molecule has 0 radical (unpaired) electrons. The van der Waals surface area contributed by atoms with Crippen LogP contribution in [0.3, 0.4) is 0 Å². The average molecular weight is 363 g/mol. The molecule has 0 saturated carbocycles. The molecule has 3 aromatic rings. The lowest BCUT2D eigenvalue weighted by atomic mass is 9.87. The van der Waals surface area contributed by atoms with Crippen LogP contribution in [0.15, 0.2) is 52.1 Å². The first kappa shape index (κ1) is 17.3. The van der Waals surface area contributed by atoms with E-state index >= 15 is 0 Å². The Morgan fingerprint density at radius 2 is 2.04 bits per heavy atom. The van der Waals surface area contributed by atoms with E-state index in [1.165, 1.54) is 15.7 Å². The Hall–Kier alpha value is -3.15. The van der Waals surface area contributed by atoms with E-state index in [1.54, 1.807) is 25.1 Å². The molecule has 0 spiro atoms. The molecule has 1 aliphatic carbocycles. The third-order valence-corrected chi connectivity index (χ3v) is 5.23. The Labute approximate surface area is 155 Å². The number of amides is 1. The summed E-state index contributed by atoms with van der Waals surface area (Å²) in [5.74, 6) is -0.186. The maximum absolute atomic E-state index is 12.8. The summed E-state index contributed by atoms with van der Waals surface area (Å²) in [6.07, 6.45) is 2.98. The molecule has 1 heterocycles. The largest absolute Gasteiger partial charge is 0.345 e. The Bertz CT molecular complexity index is 1140. The molecule has 0 saturated heterocycles. The fraction of sp³-hybridized carbons (Fsp3) is 0.286. The van der Waals surface area contributed by atoms with Gasteiger partial charge in [0.05, 0.1) is 17.1 Å². The van der Waals surface area contributed by atoms with E-state index in [0.717, 1.165) is 19.3 Å². The summed E-state index contributed by atoms with van der Waals surface area (Å²) in [7, 11) is 0. The molecule has 1 aliphatic rings. The van der Waals surface area contributed by atoms with E-state index in [2.05, 4.69) is 22.4 Å². The molecule has 0 fully saturated rings. The second-order valence-electron chi connectivity index (χ2n) is 6.85. The second-order valence-corrected chi connectivity index (χ2v) is 6.85. The first-order valence-electron chi connectivity index (χ1n) is 9.24. The van der Waals surface area contributed by atoms with Gasteiger partial charge in [-0.2, -0.15) is 0 Å². The summed E-state index contributed by atoms with van der Waals surface area (Å²) >= 11 is 0. The summed E-state index contributed by atoms with van der Waals surface area (Å²) in [5.41, 5.74) is 2.75. The second kappa shape index (κ2) is 6.87. The number of rotatable bonds is 3. The molecule has 6 nitrogen and oxygen atoms in total. The molecule has 4 rings (SSSR count). The van der Waals surface area contributed by atoms with Gasteiger partial charge in [-0.3, -0.25) is 14.4 Å². The zero-order chi connectivity index (χ0) is 19.0. The number of carbonyl (C=O) groups excluding carboxylic acids is 1. The fourth-order valence-electron chi connectivity index (χ4n) is 3.88. The molecule has 0 aliphatic heterocycles. The van der Waals surface area contributed by atoms with Gasteiger partial charge in [0.2, 0.25) is 0 Å². The summed E-state index contributed by atoms with van der Waals surface area (Å²) < 4.78 is 1.41. The highest BCUT2D eigenvalue weighted by Crippen LogP contribution is 2.29. The number of hydrogen-bond acceptors (Lipinski definition) is 3. The van der Waals surface area contributed by atoms with Gasteiger partial charge in [0.25, 0.3) is 5.91 Å². The number of nitrogens with zero attached hydrogens (tertiary/aromatic N) is 1. The Balaban J connectivity index is 1.67. The van der Waals surface area contributed by atoms with Crippen LogP contribution in [0.4, 0.5) is 0 Å². The summed E-state index contributed by atoms with van der Waals surface area (Å²) in [4.78, 5) is 39.2. The lowest BCUT2D eigenvalue weighted by molar-refractivity contribution is 0.0933. The lowest BCUT2D eigenvalue weighted by Gasteiger charge is -2.26. The number of benzene rings is 2. The van der Waals surface area contributed by atoms with E-state index < -0.39 is 11.1 Å². The average Bonchev–Trinajstić information content (AvgIpc) is 2.69. The van der Waals surface area contributed by atoms with Gasteiger partial charge < -0.3 is 14.9 Å². The predicted octanol–water partition coefficient (Wildman–Crippen LogP) is 2.52. The van der Waals surface area contributed by atoms with E-state index in [1.807, 2.05) is 12.1 Å². The molecule has 6 heteroatoms. The van der Waals surface area contributed by atoms with E-state index in [-0.39, 0.29) is 11.9 Å². The van der Waals surface area contributed by atoms with Gasteiger partial charge in [0.1, 0.15) is 0 Å². The number of hydrogen-bond donors (Lipinski definition) is 2. The van der Waals surface area contributed by atoms with E-state index in [4.69, 9.17) is 0 Å². The van der Waals surface area contributed by atoms with Crippen LogP contribution in [0.25, 0.3) is 11.0 Å². The van der Waals surface area contributed by atoms with E-state index in [0.29, 0.717) is 23.1 Å². The number of aromatic nitrogens is 2. The Morgan fingerprint density at radius 1 is 1.22 bits per heavy atom. The highest BCUT2D eigenvalue weighted by molar-refractivity contribution is 5.97. The van der Waals surface area contributed by atoms with Crippen molar-refractivity contribution in [1.82, 2.24) is 14.9 Å². The fourth-order valence-corrected chi connectivity index (χ4v) is 3.88. The van der Waals surface area contributed by atoms with Crippen LogP contribution < -0.4 is 16.4 Å². The highest BCUT2D eigenvalue weighted by atomic mass is 16.2. The summed E-state index contributed by atoms with van der Waals surface area (Å²) in [5, 5.41) is 3.11. The van der Waals surface area contributed by atoms with Gasteiger partial charge in [-0.1, -0.05) is 24.3 Å². The van der Waals surface area contributed by atoms with Crippen LogP contribution in [-0.2, 0) is 13.0 Å². The molecule has 1 atom stereocenters. The number of H-pyrrole nitrogens is 1. The van der Waals surface area contributed by atoms with Crippen molar-refractivity contribution >= 4 is 16.9 Å². The van der Waals surface area contributed by atoms with Crippen LogP contribution in [0, 0.1) is 0 Å². The van der Waals surface area contributed by atoms with Crippen molar-refractivity contribution in [3.63, 3.8) is 0 Å². The minimum absolute atomic E-state index is 0.0122. The third-order valence-electron chi connectivity index (χ3n) is 5.23. The molecule has 2 aromatic carbocycles. The molecule has 1 amide bonds. The quantitative estimate of drug-likeness (QED) is 0.702. The molecule has 0 bridgehead atoms. The zero-order valence-electron chi connectivity index (χ0n) is 15.1. The number of aromatic amines is 1. The SMILES string of the molecule is CCn1c(=O)c(=O)[nH]c2cc(C(=O)N[C@H]3CCCc4ccccc43)ccc21. The van der Waals surface area contributed by atoms with Gasteiger partial charge in [0, 0.05) is 12.1 Å². The monoisotopic (exact) mass is 363 g/mol. The maximum atomic E-state index is 12.8. The normalized spacial score (nSPS) is 16.1. The summed E-state index contributed by atoms with van der Waals surface area (Å²) in [6, 6.07) is 13.2. The Morgan fingerprint density at radius 3 is 2.85 bits per heavy atom. The Kier molecular flexibility index (Phi) is 4.39. The molecule has 138 valence electrons. The van der Waals surface area contributed by atoms with Crippen LogP contribution in [-0.4, -0.2) is 15.5 Å². The number of fused-ring (bicyclic) bond motifs is 2. The van der Waals surface area contributed by atoms with Gasteiger partial charge in [-0.15, -0.1) is 0 Å². The minimum atomic E-state index is -0.678. The van der Waals surface area contributed by atoms with E-state index in [9.17, 15) is 14.4 Å². The van der Waals surface area contributed by atoms with Gasteiger partial charge >= 0.3 is 11.1 Å². The first-order chi connectivity index (χ1) is 13.1. The smallest absolute Gasteiger partial charge is 0.316 e. The highest BCUT2D eigenvalue weighted by Gasteiger charge is 2.22. The van der Waals surface area contributed by atoms with Crippen molar-refractivity contribution < 1.29 is 4.79 Å². The van der Waals surface area contributed by atoms with Gasteiger partial charge in [-0.25, -0.2) is 0 Å². The lowest BCUT2D eigenvalue weighted by Crippen LogP contribution is -2.36. The minimum Gasteiger partial charge on any atom is -0.345 e. The molecule has 0 unspecified atom stereocenters. The van der Waals surface area contributed by atoms with Gasteiger partial charge in [0.15, 0.2) is 0 Å². The topological polar surface area (TPSA) is 84.0 Å². The van der Waals surface area contributed by atoms with Crippen molar-refractivity contribution in [3.05, 3.63) is 79.9 Å². The van der Waals surface area contributed by atoms with Crippen LogP contribution in [0.1, 0.15) is 47.3 Å². The zero-order valence-corrected chi connectivity index (χ0v) is 15.1. The molecular formula is C21H21N3O3. The van der Waals surface area contributed by atoms with Crippen LogP contribution in [0.2, 0.25) is 0 Å². The predicted molar refractivity (Wildman–Crippen MR) is 104 cm³/mol. The molecular weight excluding hydrogens is 342 g/mol. The van der Waals surface area contributed by atoms with Crippen molar-refractivity contribution in [2.75, 3.05) is 0 Å². The molecule has 1 aromatic heterocycles. The van der Waals surface area contributed by atoms with Crippen molar-refractivity contribution in [2.45, 2.75) is 38.8 Å². The summed E-state index contributed by atoms with van der Waals surface area (Å²) in [6.45, 7) is 2.20. The van der Waals surface area contributed by atoms with Gasteiger partial charge in [-0.05, 0) is 55.5 Å². The maximum Gasteiger partial charge on any atom is 0.316 e. The molecule has 2 N–H and O–H groups in total. The molecule has 27 heavy (non-hydrogen) atoms. The first-order valence-corrected chi connectivity index (χ1v) is 9.24. The van der Waals surface area contributed by atoms with Crippen molar-refractivity contribution in [2.24, 2.45) is 0 Å². The number of nitrogens with one attached hydrogen (secondary N) is 2. The third kappa shape index (κ3) is 3.07. The number of carbonyl (C=O) groups is 1. The van der Waals surface area contributed by atoms with Crippen LogP contribution in [0.5, 0.6) is 0 Å². The van der Waals surface area contributed by atoms with Crippen molar-refractivity contribution in [1.29, 1.82) is 0 Å². The van der Waals surface area contributed by atoms with Crippen LogP contribution >= 0.6 is 0 Å². The standard InChI is InChI=1S/C21H21N3O3/c1-2-24-18-11-10-14(12-17(18)23-20(26)21(24)27)19(25)22-16-9-5-7-13-6-3-4-8-15(13)16/h3-4,6,8,10-12,16H,2,5,7,9H2,1H3,(H,22,25)(H,23,26)/t16-/m0/s1. The number of aryl methyl sites for hydroxylation is 2.